The van der Waals surface area contributed by atoms with Gasteiger partial charge in [-0.05, 0) is 39.0 Å². The molecule has 0 spiro atoms. The highest BCUT2D eigenvalue weighted by molar-refractivity contribution is 7.15. The van der Waals surface area contributed by atoms with E-state index in [-0.39, 0.29) is 5.54 Å². The first kappa shape index (κ1) is 13.8. The van der Waals surface area contributed by atoms with E-state index >= 15 is 0 Å². The SMILES string of the molecule is CC1CC1CN(C)c1ncc(CNC(C)(C)C)s1. The van der Waals surface area contributed by atoms with Gasteiger partial charge in [0.15, 0.2) is 5.13 Å². The standard InChI is InChI=1S/C14H25N3S/c1-10-6-11(10)9-17(5)13-15-7-12(18-13)8-16-14(2,3)4/h7,10-11,16H,6,8-9H2,1-5H3. The largest absolute Gasteiger partial charge is 0.351 e. The number of hydrogen-bond donors (Lipinski definition) is 1. The summed E-state index contributed by atoms with van der Waals surface area (Å²) in [5, 5.41) is 4.66. The topological polar surface area (TPSA) is 28.2 Å². The Balaban J connectivity index is 1.85. The van der Waals surface area contributed by atoms with Gasteiger partial charge in [-0.25, -0.2) is 4.98 Å². The second kappa shape index (κ2) is 5.17. The molecule has 4 heteroatoms. The molecule has 2 atom stereocenters. The van der Waals surface area contributed by atoms with E-state index in [1.54, 1.807) is 11.3 Å². The predicted octanol–water partition coefficient (Wildman–Crippen LogP) is 3.12. The van der Waals surface area contributed by atoms with Crippen LogP contribution < -0.4 is 10.2 Å². The molecular weight excluding hydrogens is 242 g/mol. The van der Waals surface area contributed by atoms with Crippen LogP contribution in [-0.4, -0.2) is 24.1 Å². The van der Waals surface area contributed by atoms with E-state index in [0.29, 0.717) is 0 Å². The van der Waals surface area contributed by atoms with E-state index in [1.807, 2.05) is 6.20 Å². The van der Waals surface area contributed by atoms with Crippen molar-refractivity contribution in [3.8, 4) is 0 Å². The number of rotatable bonds is 5. The fraction of sp³-hybridized carbons (Fsp3) is 0.786. The second-order valence-electron chi connectivity index (χ2n) is 6.57. The van der Waals surface area contributed by atoms with Crippen LogP contribution in [0.15, 0.2) is 6.20 Å². The second-order valence-corrected chi connectivity index (χ2v) is 7.66. The van der Waals surface area contributed by atoms with Crippen LogP contribution in [0, 0.1) is 11.8 Å². The Labute approximate surface area is 115 Å². The maximum atomic E-state index is 4.53. The lowest BCUT2D eigenvalue weighted by molar-refractivity contribution is 0.426. The molecular formula is C14H25N3S. The molecule has 0 saturated heterocycles. The van der Waals surface area contributed by atoms with Crippen molar-refractivity contribution < 1.29 is 0 Å². The molecule has 2 unspecified atom stereocenters. The third-order valence-corrected chi connectivity index (χ3v) is 4.56. The maximum absolute atomic E-state index is 4.53. The van der Waals surface area contributed by atoms with E-state index in [2.05, 4.69) is 49.9 Å². The van der Waals surface area contributed by atoms with Gasteiger partial charge < -0.3 is 10.2 Å². The van der Waals surface area contributed by atoms with Crippen molar-refractivity contribution in [3.05, 3.63) is 11.1 Å². The van der Waals surface area contributed by atoms with Gasteiger partial charge in [-0.2, -0.15) is 0 Å². The number of anilines is 1. The lowest BCUT2D eigenvalue weighted by Gasteiger charge is -2.19. The van der Waals surface area contributed by atoms with Crippen LogP contribution >= 0.6 is 11.3 Å². The Morgan fingerprint density at radius 2 is 2.17 bits per heavy atom. The molecule has 1 aliphatic carbocycles. The fourth-order valence-corrected chi connectivity index (χ4v) is 2.81. The summed E-state index contributed by atoms with van der Waals surface area (Å²) in [4.78, 5) is 8.15. The van der Waals surface area contributed by atoms with Gasteiger partial charge in [0, 0.05) is 36.8 Å². The summed E-state index contributed by atoms with van der Waals surface area (Å²) in [6.45, 7) is 11.0. The Kier molecular flexibility index (Phi) is 3.97. The first-order chi connectivity index (χ1) is 8.35. The molecule has 1 aromatic heterocycles. The zero-order valence-corrected chi connectivity index (χ0v) is 13.0. The highest BCUT2D eigenvalue weighted by atomic mass is 32.1. The van der Waals surface area contributed by atoms with Gasteiger partial charge in [-0.1, -0.05) is 6.92 Å². The van der Waals surface area contributed by atoms with E-state index in [1.165, 1.54) is 11.3 Å². The van der Waals surface area contributed by atoms with Crippen LogP contribution in [0.25, 0.3) is 0 Å². The molecule has 1 aromatic rings. The van der Waals surface area contributed by atoms with Crippen molar-refractivity contribution in [3.63, 3.8) is 0 Å². The Morgan fingerprint density at radius 3 is 2.72 bits per heavy atom. The van der Waals surface area contributed by atoms with Crippen LogP contribution in [0.1, 0.15) is 39.0 Å². The Hall–Kier alpha value is -0.610. The average molecular weight is 267 g/mol. The highest BCUT2D eigenvalue weighted by Gasteiger charge is 2.33. The minimum Gasteiger partial charge on any atom is -0.351 e. The molecule has 1 aliphatic rings. The van der Waals surface area contributed by atoms with Gasteiger partial charge >= 0.3 is 0 Å². The van der Waals surface area contributed by atoms with Gasteiger partial charge in [0.05, 0.1) is 0 Å². The van der Waals surface area contributed by atoms with Gasteiger partial charge in [-0.15, -0.1) is 11.3 Å². The molecule has 1 N–H and O–H groups in total. The van der Waals surface area contributed by atoms with Crippen LogP contribution in [0.5, 0.6) is 0 Å². The number of thiazole rings is 1. The van der Waals surface area contributed by atoms with Crippen molar-refractivity contribution in [2.45, 2.75) is 46.2 Å². The van der Waals surface area contributed by atoms with Crippen LogP contribution in [0.4, 0.5) is 5.13 Å². The Morgan fingerprint density at radius 1 is 1.50 bits per heavy atom. The van der Waals surface area contributed by atoms with Crippen molar-refractivity contribution in [2.75, 3.05) is 18.5 Å². The third-order valence-electron chi connectivity index (χ3n) is 3.45. The maximum Gasteiger partial charge on any atom is 0.185 e. The highest BCUT2D eigenvalue weighted by Crippen LogP contribution is 2.39. The summed E-state index contributed by atoms with van der Waals surface area (Å²) in [5.74, 6) is 1.80. The molecule has 0 radical (unpaired) electrons. The molecule has 1 heterocycles. The third kappa shape index (κ3) is 3.95. The summed E-state index contributed by atoms with van der Waals surface area (Å²) in [5.41, 5.74) is 0.166. The summed E-state index contributed by atoms with van der Waals surface area (Å²) in [6.07, 6.45) is 3.39. The van der Waals surface area contributed by atoms with Gasteiger partial charge in [0.1, 0.15) is 0 Å². The monoisotopic (exact) mass is 267 g/mol. The number of aromatic nitrogens is 1. The van der Waals surface area contributed by atoms with E-state index in [4.69, 9.17) is 0 Å². The molecule has 0 aliphatic heterocycles. The summed E-state index contributed by atoms with van der Waals surface area (Å²) in [6, 6.07) is 0. The molecule has 0 bridgehead atoms. The van der Waals surface area contributed by atoms with Gasteiger partial charge in [0.2, 0.25) is 0 Å². The normalized spacial score (nSPS) is 23.2. The molecule has 0 aromatic carbocycles. The van der Waals surface area contributed by atoms with Crippen LogP contribution in [0.2, 0.25) is 0 Å². The van der Waals surface area contributed by atoms with Crippen molar-refractivity contribution in [1.82, 2.24) is 10.3 Å². The smallest absolute Gasteiger partial charge is 0.185 e. The first-order valence-electron chi connectivity index (χ1n) is 6.76. The minimum absolute atomic E-state index is 0.166. The van der Waals surface area contributed by atoms with Crippen molar-refractivity contribution >= 4 is 16.5 Å². The van der Waals surface area contributed by atoms with E-state index in [9.17, 15) is 0 Å². The molecule has 1 fully saturated rings. The lowest BCUT2D eigenvalue weighted by Crippen LogP contribution is -2.34. The molecule has 2 rings (SSSR count). The van der Waals surface area contributed by atoms with Crippen LogP contribution in [0.3, 0.4) is 0 Å². The number of hydrogen-bond acceptors (Lipinski definition) is 4. The fourth-order valence-electron chi connectivity index (χ4n) is 1.99. The summed E-state index contributed by atoms with van der Waals surface area (Å²) in [7, 11) is 2.16. The van der Waals surface area contributed by atoms with E-state index in [0.717, 1.165) is 30.1 Å². The predicted molar refractivity (Wildman–Crippen MR) is 79.2 cm³/mol. The number of nitrogens with zero attached hydrogens (tertiary/aromatic N) is 2. The molecule has 0 amide bonds. The Bertz CT molecular complexity index is 394. The lowest BCUT2D eigenvalue weighted by atomic mass is 10.1. The molecule has 102 valence electrons. The number of nitrogens with one attached hydrogen (secondary N) is 1. The zero-order valence-electron chi connectivity index (χ0n) is 12.2. The minimum atomic E-state index is 0.166. The van der Waals surface area contributed by atoms with Gasteiger partial charge in [-0.3, -0.25) is 0 Å². The zero-order chi connectivity index (χ0) is 13.3. The summed E-state index contributed by atoms with van der Waals surface area (Å²) < 4.78 is 0. The van der Waals surface area contributed by atoms with E-state index < -0.39 is 0 Å². The van der Waals surface area contributed by atoms with Crippen LogP contribution in [-0.2, 0) is 6.54 Å². The quantitative estimate of drug-likeness (QED) is 0.888. The molecule has 3 nitrogen and oxygen atoms in total. The first-order valence-corrected chi connectivity index (χ1v) is 7.57. The summed E-state index contributed by atoms with van der Waals surface area (Å²) >= 11 is 1.80. The van der Waals surface area contributed by atoms with Crippen molar-refractivity contribution in [1.29, 1.82) is 0 Å². The average Bonchev–Trinajstić information content (AvgIpc) is 2.80. The van der Waals surface area contributed by atoms with Crippen molar-refractivity contribution in [2.24, 2.45) is 11.8 Å². The molecule has 18 heavy (non-hydrogen) atoms. The van der Waals surface area contributed by atoms with Gasteiger partial charge in [0.25, 0.3) is 0 Å². The molecule has 1 saturated carbocycles.